The molecule has 0 saturated heterocycles. The third-order valence-electron chi connectivity index (χ3n) is 3.79. The molecule has 1 heterocycles. The Morgan fingerprint density at radius 2 is 1.81 bits per heavy atom. The van der Waals surface area contributed by atoms with Crippen LogP contribution in [0.15, 0.2) is 48.5 Å². The summed E-state index contributed by atoms with van der Waals surface area (Å²) >= 11 is 5.94. The van der Waals surface area contributed by atoms with E-state index < -0.39 is 0 Å². The van der Waals surface area contributed by atoms with Gasteiger partial charge in [-0.2, -0.15) is 5.26 Å². The van der Waals surface area contributed by atoms with E-state index in [0.717, 1.165) is 45.7 Å². The Morgan fingerprint density at radius 3 is 2.48 bits per heavy atom. The third-order valence-corrected chi connectivity index (χ3v) is 4.04. The van der Waals surface area contributed by atoms with Crippen LogP contribution >= 0.6 is 11.6 Å². The zero-order chi connectivity index (χ0) is 14.8. The number of hydrogen-bond acceptors (Lipinski definition) is 1. The van der Waals surface area contributed by atoms with Gasteiger partial charge < -0.3 is 4.57 Å². The molecule has 0 spiro atoms. The zero-order valence-electron chi connectivity index (χ0n) is 11.8. The van der Waals surface area contributed by atoms with Gasteiger partial charge >= 0.3 is 0 Å². The highest BCUT2D eigenvalue weighted by molar-refractivity contribution is 6.30. The molecule has 3 rings (SSSR count). The van der Waals surface area contributed by atoms with E-state index in [9.17, 15) is 5.26 Å². The highest BCUT2D eigenvalue weighted by atomic mass is 35.5. The second-order valence-corrected chi connectivity index (χ2v) is 5.43. The van der Waals surface area contributed by atoms with Crippen molar-refractivity contribution in [1.82, 2.24) is 4.57 Å². The smallest absolute Gasteiger partial charge is 0.102 e. The van der Waals surface area contributed by atoms with Crippen molar-refractivity contribution in [1.29, 1.82) is 5.26 Å². The van der Waals surface area contributed by atoms with Crippen molar-refractivity contribution in [3.8, 4) is 6.07 Å². The second kappa shape index (κ2) is 5.63. The van der Waals surface area contributed by atoms with Crippen LogP contribution in [0.1, 0.15) is 23.7 Å². The van der Waals surface area contributed by atoms with E-state index in [1.165, 1.54) is 0 Å². The summed E-state index contributed by atoms with van der Waals surface area (Å²) in [4.78, 5) is 0. The van der Waals surface area contributed by atoms with Gasteiger partial charge in [0, 0.05) is 34.6 Å². The number of hydrogen-bond donors (Lipinski definition) is 0. The van der Waals surface area contributed by atoms with Crippen molar-refractivity contribution in [2.75, 3.05) is 0 Å². The number of halogens is 1. The maximum atomic E-state index is 9.56. The van der Waals surface area contributed by atoms with Crippen LogP contribution in [0, 0.1) is 11.3 Å². The Bertz CT molecular complexity index is 823. The van der Waals surface area contributed by atoms with Gasteiger partial charge in [0.2, 0.25) is 0 Å². The van der Waals surface area contributed by atoms with Gasteiger partial charge in [0.1, 0.15) is 6.07 Å². The standard InChI is InChI=1S/C18H15ClN2/c1-2-21-17-6-4-3-5-15(17)16(12-20)18(21)11-13-7-9-14(19)10-8-13/h3-10H,2,11H2,1H3. The number of nitriles is 1. The first-order valence-electron chi connectivity index (χ1n) is 6.99. The predicted molar refractivity (Wildman–Crippen MR) is 86.6 cm³/mol. The van der Waals surface area contributed by atoms with E-state index in [-0.39, 0.29) is 0 Å². The molecule has 21 heavy (non-hydrogen) atoms. The average molecular weight is 295 g/mol. The molecule has 0 fully saturated rings. The number of rotatable bonds is 3. The van der Waals surface area contributed by atoms with Gasteiger partial charge in [-0.3, -0.25) is 0 Å². The highest BCUT2D eigenvalue weighted by Crippen LogP contribution is 2.27. The van der Waals surface area contributed by atoms with E-state index in [1.54, 1.807) is 0 Å². The fraction of sp³-hybridized carbons (Fsp3) is 0.167. The number of benzene rings is 2. The number of aromatic nitrogens is 1. The minimum Gasteiger partial charge on any atom is -0.343 e. The maximum Gasteiger partial charge on any atom is 0.102 e. The molecule has 2 aromatic carbocycles. The lowest BCUT2D eigenvalue weighted by molar-refractivity contribution is 0.751. The van der Waals surface area contributed by atoms with Gasteiger partial charge in [-0.15, -0.1) is 0 Å². The monoisotopic (exact) mass is 294 g/mol. The van der Waals surface area contributed by atoms with Gasteiger partial charge in [0.25, 0.3) is 0 Å². The molecule has 3 heteroatoms. The lowest BCUT2D eigenvalue weighted by Gasteiger charge is -2.08. The molecular weight excluding hydrogens is 280 g/mol. The lowest BCUT2D eigenvalue weighted by atomic mass is 10.1. The van der Waals surface area contributed by atoms with Crippen LogP contribution in [0.4, 0.5) is 0 Å². The molecule has 0 bridgehead atoms. The summed E-state index contributed by atoms with van der Waals surface area (Å²) in [5.41, 5.74) is 4.14. The minimum absolute atomic E-state index is 0.732. The Morgan fingerprint density at radius 1 is 1.10 bits per heavy atom. The molecule has 2 nitrogen and oxygen atoms in total. The first kappa shape index (κ1) is 13.7. The summed E-state index contributed by atoms with van der Waals surface area (Å²) in [7, 11) is 0. The summed E-state index contributed by atoms with van der Waals surface area (Å²) in [6.45, 7) is 2.96. The molecule has 0 unspecified atom stereocenters. The van der Waals surface area contributed by atoms with Crippen LogP contribution in [0.3, 0.4) is 0 Å². The molecule has 0 radical (unpaired) electrons. The fourth-order valence-corrected chi connectivity index (χ4v) is 2.95. The Kier molecular flexibility index (Phi) is 3.68. The molecule has 0 saturated carbocycles. The largest absolute Gasteiger partial charge is 0.343 e. The van der Waals surface area contributed by atoms with Crippen molar-refractivity contribution in [3.05, 3.63) is 70.4 Å². The third kappa shape index (κ3) is 2.41. The number of para-hydroxylation sites is 1. The van der Waals surface area contributed by atoms with Crippen LogP contribution in [-0.4, -0.2) is 4.57 Å². The van der Waals surface area contributed by atoms with Crippen LogP contribution < -0.4 is 0 Å². The topological polar surface area (TPSA) is 28.7 Å². The van der Waals surface area contributed by atoms with E-state index in [2.05, 4.69) is 23.6 Å². The quantitative estimate of drug-likeness (QED) is 0.683. The van der Waals surface area contributed by atoms with Crippen LogP contribution in [0.2, 0.25) is 5.02 Å². The first-order valence-corrected chi connectivity index (χ1v) is 7.37. The second-order valence-electron chi connectivity index (χ2n) is 5.00. The SMILES string of the molecule is CCn1c(Cc2ccc(Cl)cc2)c(C#N)c2ccccc21. The summed E-state index contributed by atoms with van der Waals surface area (Å²) in [5.74, 6) is 0. The normalized spacial score (nSPS) is 10.7. The van der Waals surface area contributed by atoms with Gasteiger partial charge in [-0.25, -0.2) is 0 Å². The van der Waals surface area contributed by atoms with Gasteiger partial charge in [-0.05, 0) is 30.7 Å². The minimum atomic E-state index is 0.732. The number of nitrogens with zero attached hydrogens (tertiary/aromatic N) is 2. The molecule has 0 amide bonds. The molecule has 0 aliphatic carbocycles. The molecule has 0 atom stereocenters. The van der Waals surface area contributed by atoms with Crippen LogP contribution in [-0.2, 0) is 13.0 Å². The summed E-state index contributed by atoms with van der Waals surface area (Å²) in [6, 6.07) is 18.3. The maximum absolute atomic E-state index is 9.56. The predicted octanol–water partition coefficient (Wildman–Crippen LogP) is 4.78. The van der Waals surface area contributed by atoms with Crippen molar-refractivity contribution < 1.29 is 0 Å². The molecular formula is C18H15ClN2. The van der Waals surface area contributed by atoms with Crippen molar-refractivity contribution in [2.24, 2.45) is 0 Å². The molecule has 1 aromatic heterocycles. The highest BCUT2D eigenvalue weighted by Gasteiger charge is 2.15. The lowest BCUT2D eigenvalue weighted by Crippen LogP contribution is -2.02. The molecule has 0 N–H and O–H groups in total. The van der Waals surface area contributed by atoms with E-state index >= 15 is 0 Å². The summed E-state index contributed by atoms with van der Waals surface area (Å²) in [6.07, 6.45) is 0.739. The number of fused-ring (bicyclic) bond motifs is 1. The average Bonchev–Trinajstić information content (AvgIpc) is 2.82. The molecule has 0 aliphatic rings. The summed E-state index contributed by atoms with van der Waals surface area (Å²) < 4.78 is 2.22. The van der Waals surface area contributed by atoms with E-state index in [4.69, 9.17) is 11.6 Å². The zero-order valence-corrected chi connectivity index (χ0v) is 12.6. The fourth-order valence-electron chi connectivity index (χ4n) is 2.82. The van der Waals surface area contributed by atoms with E-state index in [1.807, 2.05) is 42.5 Å². The Hall–Kier alpha value is -2.24. The molecule has 0 aliphatic heterocycles. The molecule has 3 aromatic rings. The van der Waals surface area contributed by atoms with Gasteiger partial charge in [0.15, 0.2) is 0 Å². The summed E-state index contributed by atoms with van der Waals surface area (Å²) in [5, 5.41) is 11.3. The van der Waals surface area contributed by atoms with Gasteiger partial charge in [0.05, 0.1) is 5.56 Å². The molecule has 104 valence electrons. The number of aryl methyl sites for hydroxylation is 1. The first-order chi connectivity index (χ1) is 10.2. The Balaban J connectivity index is 2.17. The van der Waals surface area contributed by atoms with E-state index in [0.29, 0.717) is 0 Å². The van der Waals surface area contributed by atoms with Crippen molar-refractivity contribution >= 4 is 22.5 Å². The Labute approximate surface area is 129 Å². The van der Waals surface area contributed by atoms with Crippen LogP contribution in [0.25, 0.3) is 10.9 Å². The van der Waals surface area contributed by atoms with Crippen LogP contribution in [0.5, 0.6) is 0 Å². The van der Waals surface area contributed by atoms with Gasteiger partial charge in [-0.1, -0.05) is 41.9 Å². The van der Waals surface area contributed by atoms with Crippen molar-refractivity contribution in [2.45, 2.75) is 19.9 Å². The van der Waals surface area contributed by atoms with Crippen molar-refractivity contribution in [3.63, 3.8) is 0 Å².